The third kappa shape index (κ3) is 2.07. The SMILES string of the molecule is Cn1c(-c2cc(I)ccc2N)nc2cc(F)ccc21. The highest BCUT2D eigenvalue weighted by Gasteiger charge is 2.13. The van der Waals surface area contributed by atoms with Gasteiger partial charge in [-0.05, 0) is 52.9 Å². The van der Waals surface area contributed by atoms with Gasteiger partial charge in [0.05, 0.1) is 11.0 Å². The number of halogens is 2. The predicted octanol–water partition coefficient (Wildman–Crippen LogP) is 3.57. The first-order valence-corrected chi connectivity index (χ1v) is 6.81. The first-order valence-electron chi connectivity index (χ1n) is 5.73. The lowest BCUT2D eigenvalue weighted by Crippen LogP contribution is -1.97. The van der Waals surface area contributed by atoms with Crippen LogP contribution in [0.2, 0.25) is 0 Å². The van der Waals surface area contributed by atoms with E-state index in [0.29, 0.717) is 11.2 Å². The van der Waals surface area contributed by atoms with Crippen molar-refractivity contribution in [2.75, 3.05) is 5.73 Å². The van der Waals surface area contributed by atoms with Crippen molar-refractivity contribution in [3.63, 3.8) is 0 Å². The number of aryl methyl sites for hydroxylation is 1. The normalized spacial score (nSPS) is 11.1. The Morgan fingerprint density at radius 1 is 1.21 bits per heavy atom. The van der Waals surface area contributed by atoms with E-state index in [9.17, 15) is 4.39 Å². The average molecular weight is 367 g/mol. The molecule has 2 N–H and O–H groups in total. The van der Waals surface area contributed by atoms with Crippen LogP contribution >= 0.6 is 22.6 Å². The molecule has 96 valence electrons. The fourth-order valence-electron chi connectivity index (χ4n) is 2.14. The minimum atomic E-state index is -0.284. The molecule has 19 heavy (non-hydrogen) atoms. The topological polar surface area (TPSA) is 43.8 Å². The van der Waals surface area contributed by atoms with Gasteiger partial charge in [0.2, 0.25) is 0 Å². The van der Waals surface area contributed by atoms with E-state index in [0.717, 1.165) is 20.5 Å². The zero-order valence-corrected chi connectivity index (χ0v) is 12.3. The van der Waals surface area contributed by atoms with Crippen molar-refractivity contribution >= 4 is 39.3 Å². The predicted molar refractivity (Wildman–Crippen MR) is 83.2 cm³/mol. The van der Waals surface area contributed by atoms with Gasteiger partial charge in [0, 0.05) is 27.9 Å². The maximum atomic E-state index is 13.2. The number of hydrogen-bond acceptors (Lipinski definition) is 2. The molecular formula is C14H11FIN3. The quantitative estimate of drug-likeness (QED) is 0.528. The largest absolute Gasteiger partial charge is 0.398 e. The van der Waals surface area contributed by atoms with Gasteiger partial charge in [-0.15, -0.1) is 0 Å². The van der Waals surface area contributed by atoms with Gasteiger partial charge >= 0.3 is 0 Å². The Hall–Kier alpha value is -1.63. The van der Waals surface area contributed by atoms with Crippen LogP contribution in [0.25, 0.3) is 22.4 Å². The minimum Gasteiger partial charge on any atom is -0.398 e. The first kappa shape index (κ1) is 12.4. The fraction of sp³-hybridized carbons (Fsp3) is 0.0714. The molecule has 0 aliphatic carbocycles. The van der Waals surface area contributed by atoms with Gasteiger partial charge in [0.15, 0.2) is 0 Å². The number of nitrogens with zero attached hydrogens (tertiary/aromatic N) is 2. The number of anilines is 1. The smallest absolute Gasteiger partial charge is 0.142 e. The monoisotopic (exact) mass is 367 g/mol. The molecule has 3 rings (SSSR count). The molecule has 0 bridgehead atoms. The van der Waals surface area contributed by atoms with E-state index in [4.69, 9.17) is 5.73 Å². The number of aromatic nitrogens is 2. The molecule has 5 heteroatoms. The van der Waals surface area contributed by atoms with Crippen LogP contribution < -0.4 is 5.73 Å². The fourth-order valence-corrected chi connectivity index (χ4v) is 2.63. The Kier molecular flexibility index (Phi) is 2.93. The highest BCUT2D eigenvalue weighted by atomic mass is 127. The maximum absolute atomic E-state index is 13.2. The van der Waals surface area contributed by atoms with E-state index in [1.807, 2.05) is 29.8 Å². The van der Waals surface area contributed by atoms with Crippen LogP contribution in [0.5, 0.6) is 0 Å². The van der Waals surface area contributed by atoms with Crippen molar-refractivity contribution in [1.82, 2.24) is 9.55 Å². The Morgan fingerprint density at radius 3 is 2.79 bits per heavy atom. The second kappa shape index (κ2) is 4.48. The second-order valence-electron chi connectivity index (χ2n) is 4.36. The summed E-state index contributed by atoms with van der Waals surface area (Å²) in [6, 6.07) is 10.4. The van der Waals surface area contributed by atoms with Gasteiger partial charge in [0.25, 0.3) is 0 Å². The van der Waals surface area contributed by atoms with Crippen LogP contribution in [0, 0.1) is 9.39 Å². The maximum Gasteiger partial charge on any atom is 0.142 e. The number of nitrogen functional groups attached to an aromatic ring is 1. The number of benzene rings is 2. The molecule has 1 heterocycles. The highest BCUT2D eigenvalue weighted by Crippen LogP contribution is 2.29. The molecule has 3 aromatic rings. The number of hydrogen-bond donors (Lipinski definition) is 1. The van der Waals surface area contributed by atoms with E-state index in [-0.39, 0.29) is 5.82 Å². The lowest BCUT2D eigenvalue weighted by atomic mass is 10.2. The molecule has 0 spiro atoms. The highest BCUT2D eigenvalue weighted by molar-refractivity contribution is 14.1. The summed E-state index contributed by atoms with van der Waals surface area (Å²) in [5, 5.41) is 0. The van der Waals surface area contributed by atoms with Crippen LogP contribution in [0.3, 0.4) is 0 Å². The Balaban J connectivity index is 2.30. The first-order chi connectivity index (χ1) is 9.06. The van der Waals surface area contributed by atoms with Gasteiger partial charge in [-0.1, -0.05) is 0 Å². The Bertz CT molecular complexity index is 780. The van der Waals surface area contributed by atoms with Gasteiger partial charge in [-0.2, -0.15) is 0 Å². The van der Waals surface area contributed by atoms with E-state index in [2.05, 4.69) is 27.6 Å². The number of nitrogens with two attached hydrogens (primary N) is 1. The van der Waals surface area contributed by atoms with Crippen LogP contribution in [-0.2, 0) is 7.05 Å². The summed E-state index contributed by atoms with van der Waals surface area (Å²) in [4.78, 5) is 4.48. The molecule has 3 nitrogen and oxygen atoms in total. The van der Waals surface area contributed by atoms with E-state index >= 15 is 0 Å². The third-order valence-electron chi connectivity index (χ3n) is 3.10. The van der Waals surface area contributed by atoms with Crippen molar-refractivity contribution in [3.05, 3.63) is 45.8 Å². The number of rotatable bonds is 1. The zero-order chi connectivity index (χ0) is 13.6. The minimum absolute atomic E-state index is 0.284. The Labute approximate surface area is 123 Å². The average Bonchev–Trinajstić information content (AvgIpc) is 2.69. The van der Waals surface area contributed by atoms with Gasteiger partial charge in [0.1, 0.15) is 11.6 Å². The molecule has 0 radical (unpaired) electrons. The third-order valence-corrected chi connectivity index (χ3v) is 3.77. The van der Waals surface area contributed by atoms with Crippen LogP contribution in [0.4, 0.5) is 10.1 Å². The summed E-state index contributed by atoms with van der Waals surface area (Å²) >= 11 is 2.23. The molecule has 2 aromatic carbocycles. The molecule has 0 aliphatic heterocycles. The van der Waals surface area contributed by atoms with E-state index in [1.165, 1.54) is 12.1 Å². The standard InChI is InChI=1S/C14H11FIN3/c1-19-13-5-2-8(15)6-12(13)18-14(19)10-7-9(16)3-4-11(10)17/h2-7H,17H2,1H3. The van der Waals surface area contributed by atoms with E-state index in [1.54, 1.807) is 6.07 Å². The molecule has 0 saturated carbocycles. The van der Waals surface area contributed by atoms with Gasteiger partial charge < -0.3 is 10.3 Å². The molecule has 0 saturated heterocycles. The molecule has 0 aliphatic rings. The van der Waals surface area contributed by atoms with Gasteiger partial charge in [-0.3, -0.25) is 0 Å². The Morgan fingerprint density at radius 2 is 2.00 bits per heavy atom. The van der Waals surface area contributed by atoms with Crippen LogP contribution in [0.15, 0.2) is 36.4 Å². The summed E-state index contributed by atoms with van der Waals surface area (Å²) in [6.45, 7) is 0. The molecule has 1 aromatic heterocycles. The van der Waals surface area contributed by atoms with Crippen LogP contribution in [0.1, 0.15) is 0 Å². The molecule has 0 fully saturated rings. The number of fused-ring (bicyclic) bond motifs is 1. The summed E-state index contributed by atoms with van der Waals surface area (Å²) in [5.74, 6) is 0.462. The zero-order valence-electron chi connectivity index (χ0n) is 10.2. The van der Waals surface area contributed by atoms with Crippen molar-refractivity contribution in [2.45, 2.75) is 0 Å². The van der Waals surface area contributed by atoms with Crippen LogP contribution in [-0.4, -0.2) is 9.55 Å². The molecular weight excluding hydrogens is 356 g/mol. The van der Waals surface area contributed by atoms with Gasteiger partial charge in [-0.25, -0.2) is 9.37 Å². The second-order valence-corrected chi connectivity index (χ2v) is 5.60. The summed E-state index contributed by atoms with van der Waals surface area (Å²) in [6.07, 6.45) is 0. The van der Waals surface area contributed by atoms with E-state index < -0.39 is 0 Å². The van der Waals surface area contributed by atoms with Crippen molar-refractivity contribution in [2.24, 2.45) is 7.05 Å². The molecule has 0 atom stereocenters. The summed E-state index contributed by atoms with van der Waals surface area (Å²) in [5.41, 5.74) is 9.06. The summed E-state index contributed by atoms with van der Waals surface area (Å²) in [7, 11) is 1.90. The number of imidazole rings is 1. The lowest BCUT2D eigenvalue weighted by molar-refractivity contribution is 0.629. The van der Waals surface area contributed by atoms with Crippen molar-refractivity contribution in [3.8, 4) is 11.4 Å². The summed E-state index contributed by atoms with van der Waals surface area (Å²) < 4.78 is 16.3. The molecule has 0 amide bonds. The van der Waals surface area contributed by atoms with Crippen molar-refractivity contribution in [1.29, 1.82) is 0 Å². The molecule has 0 unspecified atom stereocenters. The lowest BCUT2D eigenvalue weighted by Gasteiger charge is -2.06. The van der Waals surface area contributed by atoms with Crippen molar-refractivity contribution < 1.29 is 4.39 Å².